The molecule has 0 spiro atoms. The number of halogens is 2. The van der Waals surface area contributed by atoms with Crippen molar-refractivity contribution < 1.29 is 13.6 Å². The third-order valence-electron chi connectivity index (χ3n) is 2.48. The fourth-order valence-corrected chi connectivity index (χ4v) is 2.22. The molecule has 0 aliphatic rings. The van der Waals surface area contributed by atoms with Crippen LogP contribution in [0.25, 0.3) is 0 Å². The highest BCUT2D eigenvalue weighted by Crippen LogP contribution is 2.08. The summed E-state index contributed by atoms with van der Waals surface area (Å²) in [5, 5.41) is 4.59. The monoisotopic (exact) mass is 291 g/mol. The Kier molecular flexibility index (Phi) is 4.85. The molecule has 5 heteroatoms. The largest absolute Gasteiger partial charge is 0.345 e. The van der Waals surface area contributed by atoms with E-state index in [9.17, 15) is 13.6 Å². The van der Waals surface area contributed by atoms with E-state index in [-0.39, 0.29) is 5.56 Å². The summed E-state index contributed by atoms with van der Waals surface area (Å²) < 4.78 is 25.9. The summed E-state index contributed by atoms with van der Waals surface area (Å²) in [5.74, 6) is 2.73. The molecule has 1 N–H and O–H groups in total. The van der Waals surface area contributed by atoms with E-state index >= 15 is 0 Å². The van der Waals surface area contributed by atoms with Crippen molar-refractivity contribution in [2.24, 2.45) is 0 Å². The fraction of sp³-hybridized carbons (Fsp3) is 0.133. The number of thiophene rings is 1. The molecule has 0 fully saturated rings. The number of rotatable bonds is 3. The van der Waals surface area contributed by atoms with E-state index in [1.165, 1.54) is 10.9 Å². The summed E-state index contributed by atoms with van der Waals surface area (Å²) in [5.41, 5.74) is -0.000179. The Balaban J connectivity index is 1.86. The molecule has 20 heavy (non-hydrogen) atoms. The number of amides is 1. The average Bonchev–Trinajstić information content (AvgIpc) is 2.91. The Labute approximate surface area is 119 Å². The van der Waals surface area contributed by atoms with Gasteiger partial charge in [0.1, 0.15) is 11.6 Å². The predicted octanol–water partition coefficient (Wildman–Crippen LogP) is 2.74. The fourth-order valence-electron chi connectivity index (χ4n) is 1.51. The zero-order chi connectivity index (χ0) is 14.4. The van der Waals surface area contributed by atoms with Crippen LogP contribution in [0, 0.1) is 23.5 Å². The maximum atomic E-state index is 13.3. The molecular formula is C15H11F2NOS. The highest BCUT2D eigenvalue weighted by atomic mass is 32.1. The predicted molar refractivity (Wildman–Crippen MR) is 74.3 cm³/mol. The van der Waals surface area contributed by atoms with Crippen molar-refractivity contribution in [2.75, 3.05) is 6.54 Å². The van der Waals surface area contributed by atoms with Crippen LogP contribution in [0.5, 0.6) is 0 Å². The van der Waals surface area contributed by atoms with Crippen LogP contribution < -0.4 is 5.32 Å². The summed E-state index contributed by atoms with van der Waals surface area (Å²) in [6, 6.07) is 6.96. The van der Waals surface area contributed by atoms with Gasteiger partial charge in [0.25, 0.3) is 5.91 Å². The van der Waals surface area contributed by atoms with E-state index in [1.54, 1.807) is 11.3 Å². The van der Waals surface area contributed by atoms with Gasteiger partial charge in [-0.1, -0.05) is 12.0 Å². The zero-order valence-corrected chi connectivity index (χ0v) is 11.3. The van der Waals surface area contributed by atoms with E-state index in [4.69, 9.17) is 0 Å². The number of nitrogens with one attached hydrogen (secondary N) is 1. The van der Waals surface area contributed by atoms with Crippen LogP contribution in [-0.2, 0) is 11.2 Å². The van der Waals surface area contributed by atoms with Gasteiger partial charge in [0.05, 0.1) is 5.56 Å². The van der Waals surface area contributed by atoms with Crippen molar-refractivity contribution in [1.29, 1.82) is 0 Å². The molecule has 1 aromatic carbocycles. The maximum Gasteiger partial charge on any atom is 0.296 e. The van der Waals surface area contributed by atoms with Crippen LogP contribution in [0.3, 0.4) is 0 Å². The van der Waals surface area contributed by atoms with Gasteiger partial charge in [-0.3, -0.25) is 4.79 Å². The van der Waals surface area contributed by atoms with Gasteiger partial charge in [-0.05, 0) is 30.0 Å². The Hall–Kier alpha value is -2.19. The maximum absolute atomic E-state index is 13.3. The summed E-state index contributed by atoms with van der Waals surface area (Å²) in [6.07, 6.45) is 0.732. The first-order valence-electron chi connectivity index (χ1n) is 5.92. The van der Waals surface area contributed by atoms with E-state index < -0.39 is 17.5 Å². The van der Waals surface area contributed by atoms with E-state index in [0.29, 0.717) is 6.54 Å². The number of hydrogen-bond donors (Lipinski definition) is 1. The third kappa shape index (κ3) is 4.18. The van der Waals surface area contributed by atoms with Gasteiger partial charge >= 0.3 is 0 Å². The lowest BCUT2D eigenvalue weighted by Crippen LogP contribution is -2.23. The lowest BCUT2D eigenvalue weighted by atomic mass is 10.2. The lowest BCUT2D eigenvalue weighted by Gasteiger charge is -1.98. The first kappa shape index (κ1) is 14.2. The minimum Gasteiger partial charge on any atom is -0.345 e. The molecule has 0 aliphatic heterocycles. The van der Waals surface area contributed by atoms with Gasteiger partial charge < -0.3 is 5.32 Å². The lowest BCUT2D eigenvalue weighted by molar-refractivity contribution is -0.115. The van der Waals surface area contributed by atoms with Crippen molar-refractivity contribution in [3.63, 3.8) is 0 Å². The Morgan fingerprint density at radius 1 is 1.30 bits per heavy atom. The first-order chi connectivity index (χ1) is 9.65. The Bertz CT molecular complexity index is 656. The Morgan fingerprint density at radius 2 is 2.15 bits per heavy atom. The molecule has 0 saturated heterocycles. The summed E-state index contributed by atoms with van der Waals surface area (Å²) in [7, 11) is 0. The molecule has 0 radical (unpaired) electrons. The van der Waals surface area contributed by atoms with Gasteiger partial charge in [-0.2, -0.15) is 0 Å². The highest BCUT2D eigenvalue weighted by molar-refractivity contribution is 7.09. The van der Waals surface area contributed by atoms with Crippen molar-refractivity contribution in [2.45, 2.75) is 6.42 Å². The van der Waals surface area contributed by atoms with Crippen molar-refractivity contribution in [3.8, 4) is 11.8 Å². The smallest absolute Gasteiger partial charge is 0.296 e. The molecule has 1 aromatic heterocycles. The molecule has 0 aliphatic carbocycles. The molecule has 1 amide bonds. The van der Waals surface area contributed by atoms with Crippen LogP contribution in [0.4, 0.5) is 8.78 Å². The van der Waals surface area contributed by atoms with Crippen molar-refractivity contribution in [3.05, 3.63) is 57.8 Å². The van der Waals surface area contributed by atoms with Gasteiger partial charge in [0, 0.05) is 23.4 Å². The SMILES string of the molecule is O=C(C#Cc1ccc(F)cc1F)NCCc1cccs1. The second-order valence-corrected chi connectivity index (χ2v) is 4.99. The summed E-state index contributed by atoms with van der Waals surface area (Å²) in [6.45, 7) is 0.472. The van der Waals surface area contributed by atoms with Crippen LogP contribution in [-0.4, -0.2) is 12.5 Å². The first-order valence-corrected chi connectivity index (χ1v) is 6.80. The number of benzene rings is 1. The van der Waals surface area contributed by atoms with E-state index in [0.717, 1.165) is 18.6 Å². The third-order valence-corrected chi connectivity index (χ3v) is 3.42. The van der Waals surface area contributed by atoms with Crippen LogP contribution in [0.15, 0.2) is 35.7 Å². The zero-order valence-electron chi connectivity index (χ0n) is 10.5. The molecule has 2 nitrogen and oxygen atoms in total. The molecule has 0 unspecified atom stereocenters. The second kappa shape index (κ2) is 6.83. The van der Waals surface area contributed by atoms with Gasteiger partial charge in [-0.15, -0.1) is 11.3 Å². The van der Waals surface area contributed by atoms with Crippen LogP contribution in [0.1, 0.15) is 10.4 Å². The molecule has 1 heterocycles. The molecule has 102 valence electrons. The molecule has 0 saturated carbocycles. The average molecular weight is 291 g/mol. The standard InChI is InChI=1S/C15H11F2NOS/c16-12-5-3-11(14(17)10-12)4-6-15(19)18-8-7-13-2-1-9-20-13/h1-3,5,9-10H,7-8H2,(H,18,19). The molecule has 0 atom stereocenters. The van der Waals surface area contributed by atoms with E-state index in [2.05, 4.69) is 17.2 Å². The summed E-state index contributed by atoms with van der Waals surface area (Å²) >= 11 is 1.62. The van der Waals surface area contributed by atoms with E-state index in [1.807, 2.05) is 17.5 Å². The normalized spacial score (nSPS) is 9.70. The quantitative estimate of drug-likeness (QED) is 0.866. The number of carbonyl (C=O) groups is 1. The van der Waals surface area contributed by atoms with Gasteiger partial charge in [0.15, 0.2) is 0 Å². The second-order valence-electron chi connectivity index (χ2n) is 3.96. The number of hydrogen-bond acceptors (Lipinski definition) is 2. The van der Waals surface area contributed by atoms with Crippen molar-refractivity contribution in [1.82, 2.24) is 5.32 Å². The molecule has 0 bridgehead atoms. The van der Waals surface area contributed by atoms with Gasteiger partial charge in [0.2, 0.25) is 0 Å². The van der Waals surface area contributed by atoms with Gasteiger partial charge in [-0.25, -0.2) is 8.78 Å². The minimum absolute atomic E-state index is 0.000179. The molecule has 2 aromatic rings. The highest BCUT2D eigenvalue weighted by Gasteiger charge is 2.01. The molecular weight excluding hydrogens is 280 g/mol. The summed E-state index contributed by atoms with van der Waals surface area (Å²) in [4.78, 5) is 12.6. The van der Waals surface area contributed by atoms with Crippen molar-refractivity contribution >= 4 is 17.2 Å². The van der Waals surface area contributed by atoms with Crippen LogP contribution >= 0.6 is 11.3 Å². The van der Waals surface area contributed by atoms with Crippen LogP contribution in [0.2, 0.25) is 0 Å². The Morgan fingerprint density at radius 3 is 2.85 bits per heavy atom. The minimum atomic E-state index is -0.774. The topological polar surface area (TPSA) is 29.1 Å². The molecule has 2 rings (SSSR count). The number of carbonyl (C=O) groups excluding carboxylic acids is 1.